The summed E-state index contributed by atoms with van der Waals surface area (Å²) >= 11 is 0. The highest BCUT2D eigenvalue weighted by Crippen LogP contribution is 2.17. The van der Waals surface area contributed by atoms with Crippen LogP contribution in [0.1, 0.15) is 23.5 Å². The molecule has 18 heavy (non-hydrogen) atoms. The molecule has 2 rings (SSSR count). The van der Waals surface area contributed by atoms with Crippen molar-refractivity contribution in [2.75, 3.05) is 40.3 Å². The molecule has 1 N–H and O–H groups in total. The predicted octanol–water partition coefficient (Wildman–Crippen LogP) is 1.44. The Labute approximate surface area is 110 Å². The smallest absolute Gasteiger partial charge is 0.118 e. The summed E-state index contributed by atoms with van der Waals surface area (Å²) in [6.07, 6.45) is 1.26. The number of hydrogen-bond donors (Lipinski definition) is 1. The number of likely N-dealkylation sites (N-methyl/N-ethyl adjacent to an activating group) is 1. The Hall–Kier alpha value is -0.840. The summed E-state index contributed by atoms with van der Waals surface area (Å²) in [6, 6.07) is 2.19. The maximum Gasteiger partial charge on any atom is 0.118 e. The van der Waals surface area contributed by atoms with Gasteiger partial charge in [0.25, 0.3) is 0 Å². The molecule has 4 nitrogen and oxygen atoms in total. The summed E-state index contributed by atoms with van der Waals surface area (Å²) < 4.78 is 5.75. The minimum Gasteiger partial charge on any atom is -0.465 e. The van der Waals surface area contributed by atoms with E-state index in [9.17, 15) is 0 Å². The second kappa shape index (κ2) is 6.36. The first-order valence-electron chi connectivity index (χ1n) is 6.82. The fraction of sp³-hybridized carbons (Fsp3) is 0.714. The summed E-state index contributed by atoms with van der Waals surface area (Å²) in [5, 5.41) is 3.13. The molecular weight excluding hydrogens is 226 g/mol. The van der Waals surface area contributed by atoms with Gasteiger partial charge in [-0.2, -0.15) is 0 Å². The van der Waals surface area contributed by atoms with Crippen molar-refractivity contribution in [1.29, 1.82) is 0 Å². The molecule has 1 aliphatic heterocycles. The summed E-state index contributed by atoms with van der Waals surface area (Å²) in [5.41, 5.74) is 1.34. The Morgan fingerprint density at radius 2 is 2.11 bits per heavy atom. The molecule has 0 atom stereocenters. The van der Waals surface area contributed by atoms with Crippen molar-refractivity contribution in [1.82, 2.24) is 15.1 Å². The minimum atomic E-state index is 0.809. The standard InChI is InChI=1S/C14H25N3O/c1-12-13(9-14(18-12)10-15-2)11-17-6-4-5-16(3)7-8-17/h9,15H,4-8,10-11H2,1-3H3. The van der Waals surface area contributed by atoms with E-state index in [1.165, 1.54) is 31.6 Å². The largest absolute Gasteiger partial charge is 0.465 e. The van der Waals surface area contributed by atoms with Crippen LogP contribution in [0.3, 0.4) is 0 Å². The van der Waals surface area contributed by atoms with Gasteiger partial charge in [0.2, 0.25) is 0 Å². The lowest BCUT2D eigenvalue weighted by atomic mass is 10.2. The highest BCUT2D eigenvalue weighted by molar-refractivity contribution is 5.20. The van der Waals surface area contributed by atoms with Gasteiger partial charge in [-0.05, 0) is 46.6 Å². The van der Waals surface area contributed by atoms with Crippen molar-refractivity contribution < 1.29 is 4.42 Å². The van der Waals surface area contributed by atoms with Crippen molar-refractivity contribution >= 4 is 0 Å². The Morgan fingerprint density at radius 3 is 2.89 bits per heavy atom. The quantitative estimate of drug-likeness (QED) is 0.877. The summed E-state index contributed by atoms with van der Waals surface area (Å²) in [4.78, 5) is 4.94. The van der Waals surface area contributed by atoms with Gasteiger partial charge < -0.3 is 14.6 Å². The zero-order valence-corrected chi connectivity index (χ0v) is 11.8. The fourth-order valence-electron chi connectivity index (χ4n) is 2.50. The van der Waals surface area contributed by atoms with Crippen LogP contribution in [0.15, 0.2) is 10.5 Å². The molecule has 0 aromatic carbocycles. The third kappa shape index (κ3) is 3.57. The van der Waals surface area contributed by atoms with Crippen LogP contribution in [0.25, 0.3) is 0 Å². The second-order valence-corrected chi connectivity index (χ2v) is 5.26. The second-order valence-electron chi connectivity index (χ2n) is 5.26. The van der Waals surface area contributed by atoms with Crippen molar-refractivity contribution in [3.05, 3.63) is 23.2 Å². The van der Waals surface area contributed by atoms with E-state index in [-0.39, 0.29) is 0 Å². The summed E-state index contributed by atoms with van der Waals surface area (Å²) in [6.45, 7) is 8.62. The number of nitrogens with zero attached hydrogens (tertiary/aromatic N) is 2. The van der Waals surface area contributed by atoms with Gasteiger partial charge in [-0.1, -0.05) is 0 Å². The molecule has 0 amide bonds. The molecule has 1 aliphatic rings. The van der Waals surface area contributed by atoms with Crippen molar-refractivity contribution in [2.45, 2.75) is 26.4 Å². The number of rotatable bonds is 4. The molecule has 0 unspecified atom stereocenters. The van der Waals surface area contributed by atoms with Crippen LogP contribution in [0.2, 0.25) is 0 Å². The number of furan rings is 1. The van der Waals surface area contributed by atoms with Gasteiger partial charge in [-0.15, -0.1) is 0 Å². The Kier molecular flexibility index (Phi) is 4.80. The van der Waals surface area contributed by atoms with Crippen LogP contribution < -0.4 is 5.32 Å². The molecule has 2 heterocycles. The molecule has 0 saturated carbocycles. The first-order chi connectivity index (χ1) is 8.69. The van der Waals surface area contributed by atoms with Gasteiger partial charge in [0, 0.05) is 25.2 Å². The molecule has 1 fully saturated rings. The number of nitrogens with one attached hydrogen (secondary N) is 1. The highest BCUT2D eigenvalue weighted by atomic mass is 16.3. The molecule has 0 bridgehead atoms. The van der Waals surface area contributed by atoms with Crippen LogP contribution in [0.5, 0.6) is 0 Å². The highest BCUT2D eigenvalue weighted by Gasteiger charge is 2.15. The molecule has 4 heteroatoms. The molecule has 0 aliphatic carbocycles. The third-order valence-corrected chi connectivity index (χ3v) is 3.63. The summed E-state index contributed by atoms with van der Waals surface area (Å²) in [5.74, 6) is 2.11. The average Bonchev–Trinajstić information content (AvgIpc) is 2.54. The predicted molar refractivity (Wildman–Crippen MR) is 73.6 cm³/mol. The molecule has 0 radical (unpaired) electrons. The van der Waals surface area contributed by atoms with Gasteiger partial charge >= 0.3 is 0 Å². The Bertz CT molecular complexity index is 375. The van der Waals surface area contributed by atoms with E-state index in [0.717, 1.165) is 31.2 Å². The van der Waals surface area contributed by atoms with Gasteiger partial charge in [-0.25, -0.2) is 0 Å². The third-order valence-electron chi connectivity index (χ3n) is 3.63. The van der Waals surface area contributed by atoms with E-state index in [1.54, 1.807) is 0 Å². The van der Waals surface area contributed by atoms with Crippen LogP contribution in [0.4, 0.5) is 0 Å². The maximum atomic E-state index is 5.75. The van der Waals surface area contributed by atoms with E-state index in [0.29, 0.717) is 0 Å². The zero-order valence-electron chi connectivity index (χ0n) is 11.8. The van der Waals surface area contributed by atoms with E-state index >= 15 is 0 Å². The molecular formula is C14H25N3O. The molecule has 1 saturated heterocycles. The van der Waals surface area contributed by atoms with Crippen molar-refractivity contribution in [3.63, 3.8) is 0 Å². The van der Waals surface area contributed by atoms with Crippen LogP contribution in [-0.2, 0) is 13.1 Å². The lowest BCUT2D eigenvalue weighted by Gasteiger charge is -2.19. The number of aryl methyl sites for hydroxylation is 1. The maximum absolute atomic E-state index is 5.75. The molecule has 0 spiro atoms. The SMILES string of the molecule is CNCc1cc(CN2CCCN(C)CC2)c(C)o1. The van der Waals surface area contributed by atoms with Gasteiger partial charge in [-0.3, -0.25) is 4.90 Å². The van der Waals surface area contributed by atoms with Gasteiger partial charge in [0.1, 0.15) is 11.5 Å². The average molecular weight is 251 g/mol. The normalized spacial score (nSPS) is 19.1. The number of hydrogen-bond acceptors (Lipinski definition) is 4. The van der Waals surface area contributed by atoms with E-state index < -0.39 is 0 Å². The van der Waals surface area contributed by atoms with Crippen LogP contribution in [0, 0.1) is 6.92 Å². The van der Waals surface area contributed by atoms with Crippen LogP contribution in [-0.4, -0.2) is 50.1 Å². The molecule has 1 aromatic rings. The first kappa shape index (κ1) is 13.6. The van der Waals surface area contributed by atoms with Crippen molar-refractivity contribution in [2.24, 2.45) is 0 Å². The van der Waals surface area contributed by atoms with Gasteiger partial charge in [0.15, 0.2) is 0 Å². The fourth-order valence-corrected chi connectivity index (χ4v) is 2.50. The van der Waals surface area contributed by atoms with Gasteiger partial charge in [0.05, 0.1) is 6.54 Å². The van der Waals surface area contributed by atoms with Crippen molar-refractivity contribution in [3.8, 4) is 0 Å². The molecule has 102 valence electrons. The Morgan fingerprint density at radius 1 is 1.28 bits per heavy atom. The molecule has 1 aromatic heterocycles. The first-order valence-corrected chi connectivity index (χ1v) is 6.82. The lowest BCUT2D eigenvalue weighted by molar-refractivity contribution is 0.267. The monoisotopic (exact) mass is 251 g/mol. The van der Waals surface area contributed by atoms with E-state index in [1.807, 2.05) is 7.05 Å². The van der Waals surface area contributed by atoms with E-state index in [2.05, 4.69) is 35.2 Å². The van der Waals surface area contributed by atoms with E-state index in [4.69, 9.17) is 4.42 Å². The lowest BCUT2D eigenvalue weighted by Crippen LogP contribution is -2.28. The Balaban J connectivity index is 1.95. The topological polar surface area (TPSA) is 31.6 Å². The zero-order chi connectivity index (χ0) is 13.0. The summed E-state index contributed by atoms with van der Waals surface area (Å²) in [7, 11) is 4.15. The minimum absolute atomic E-state index is 0.809. The van der Waals surface area contributed by atoms with Crippen LogP contribution >= 0.6 is 0 Å².